The molecule has 0 bridgehead atoms. The number of nitrogens with zero attached hydrogens (tertiary/aromatic N) is 4. The molecule has 2 aromatic heterocycles. The number of aryl methyl sites for hydroxylation is 2. The van der Waals surface area contributed by atoms with E-state index in [4.69, 9.17) is 0 Å². The molecule has 27 heavy (non-hydrogen) atoms. The molecule has 2 N–H and O–H groups in total. The average molecular weight is 394 g/mol. The topological polar surface area (TPSA) is 130 Å². The molecule has 146 valence electrons. The molecule has 0 spiro atoms. The molecule has 1 fully saturated rings. The first-order valence-corrected chi connectivity index (χ1v) is 10.4. The zero-order valence-electron chi connectivity index (χ0n) is 15.4. The average Bonchev–Trinajstić information content (AvgIpc) is 2.93. The maximum atomic E-state index is 12.6. The van der Waals surface area contributed by atoms with Gasteiger partial charge in [0.15, 0.2) is 0 Å². The monoisotopic (exact) mass is 394 g/mol. The number of H-pyrrole nitrogens is 1. The fourth-order valence-electron chi connectivity index (χ4n) is 3.09. The quantitative estimate of drug-likeness (QED) is 0.761. The highest BCUT2D eigenvalue weighted by atomic mass is 32.2. The summed E-state index contributed by atoms with van der Waals surface area (Å²) in [5.41, 5.74) is 0.879. The molecule has 0 aromatic carbocycles. The highest BCUT2D eigenvalue weighted by Gasteiger charge is 2.29. The lowest BCUT2D eigenvalue weighted by atomic mass is 9.97. The van der Waals surface area contributed by atoms with Gasteiger partial charge in [-0.2, -0.15) is 9.78 Å². The molecule has 0 radical (unpaired) electrons. The molecule has 3 rings (SSSR count). The van der Waals surface area contributed by atoms with Crippen LogP contribution in [0.15, 0.2) is 16.9 Å². The van der Waals surface area contributed by atoms with Gasteiger partial charge in [-0.3, -0.25) is 14.6 Å². The van der Waals surface area contributed by atoms with E-state index in [0.717, 1.165) is 0 Å². The third kappa shape index (κ3) is 4.42. The van der Waals surface area contributed by atoms with Crippen molar-refractivity contribution in [2.75, 3.05) is 24.7 Å². The number of nitrogens with one attached hydrogen (secondary N) is 2. The van der Waals surface area contributed by atoms with Gasteiger partial charge in [0.25, 0.3) is 5.56 Å². The van der Waals surface area contributed by atoms with Crippen LogP contribution in [0.2, 0.25) is 0 Å². The van der Waals surface area contributed by atoms with Crippen molar-refractivity contribution in [1.29, 1.82) is 0 Å². The predicted octanol–water partition coefficient (Wildman–Crippen LogP) is 0.183. The summed E-state index contributed by atoms with van der Waals surface area (Å²) in [6.45, 7) is 4.11. The number of piperidine rings is 1. The minimum absolute atomic E-state index is 0.209. The van der Waals surface area contributed by atoms with Crippen molar-refractivity contribution in [3.05, 3.63) is 33.9 Å². The minimum atomic E-state index is -3.24. The molecule has 1 aliphatic heterocycles. The van der Waals surface area contributed by atoms with E-state index < -0.39 is 10.0 Å². The van der Waals surface area contributed by atoms with E-state index in [1.165, 1.54) is 21.3 Å². The Morgan fingerprint density at radius 2 is 1.89 bits per heavy atom. The Hall–Kier alpha value is -2.53. The number of hydrogen-bond acceptors (Lipinski definition) is 6. The van der Waals surface area contributed by atoms with Crippen LogP contribution in [0.3, 0.4) is 0 Å². The number of carbonyl (C=O) groups excluding carboxylic acids is 1. The van der Waals surface area contributed by atoms with Crippen LogP contribution < -0.4 is 10.9 Å². The Labute approximate surface area is 156 Å². The normalized spacial score (nSPS) is 16.4. The standard InChI is InChI=1S/C16H22N6O4S/c1-10-9-14(23)19-16(17-10)22-13(8-11(2)20-22)18-15(24)12-4-6-21(7-5-12)27(3,25)26/h8-9,12H,4-7H2,1-3H3,(H,18,24)(H,17,19,23). The molecule has 11 heteroatoms. The summed E-state index contributed by atoms with van der Waals surface area (Å²) in [6, 6.07) is 3.06. The van der Waals surface area contributed by atoms with Crippen LogP contribution in [0.25, 0.3) is 5.95 Å². The predicted molar refractivity (Wildman–Crippen MR) is 99.2 cm³/mol. The van der Waals surface area contributed by atoms with Crippen molar-refractivity contribution in [2.45, 2.75) is 26.7 Å². The number of anilines is 1. The number of aromatic amines is 1. The Bertz CT molecular complexity index is 1020. The molecular formula is C16H22N6O4S. The van der Waals surface area contributed by atoms with E-state index >= 15 is 0 Å². The molecule has 1 amide bonds. The number of carbonyl (C=O) groups is 1. The molecule has 0 unspecified atom stereocenters. The lowest BCUT2D eigenvalue weighted by molar-refractivity contribution is -0.120. The van der Waals surface area contributed by atoms with Crippen LogP contribution in [0.4, 0.5) is 5.82 Å². The van der Waals surface area contributed by atoms with Crippen LogP contribution in [-0.2, 0) is 14.8 Å². The van der Waals surface area contributed by atoms with Crippen LogP contribution in [-0.4, -0.2) is 57.7 Å². The van der Waals surface area contributed by atoms with Crippen molar-refractivity contribution in [3.63, 3.8) is 0 Å². The van der Waals surface area contributed by atoms with E-state index in [1.807, 2.05) is 0 Å². The Kier molecular flexibility index (Phi) is 5.16. The molecule has 0 aliphatic carbocycles. The van der Waals surface area contributed by atoms with Gasteiger partial charge in [-0.05, 0) is 26.7 Å². The molecule has 0 atom stereocenters. The van der Waals surface area contributed by atoms with Gasteiger partial charge >= 0.3 is 0 Å². The zero-order chi connectivity index (χ0) is 19.8. The highest BCUT2D eigenvalue weighted by molar-refractivity contribution is 7.88. The maximum absolute atomic E-state index is 12.6. The first kappa shape index (κ1) is 19.2. The molecule has 0 saturated carbocycles. The van der Waals surface area contributed by atoms with Gasteiger partial charge in [0.2, 0.25) is 21.9 Å². The van der Waals surface area contributed by atoms with Gasteiger partial charge in [0.1, 0.15) is 5.82 Å². The van der Waals surface area contributed by atoms with Gasteiger partial charge in [-0.1, -0.05) is 0 Å². The van der Waals surface area contributed by atoms with E-state index in [2.05, 4.69) is 20.4 Å². The van der Waals surface area contributed by atoms with E-state index in [-0.39, 0.29) is 23.3 Å². The number of hydrogen-bond donors (Lipinski definition) is 2. The summed E-state index contributed by atoms with van der Waals surface area (Å²) in [5.74, 6) is 0.113. The third-order valence-corrected chi connectivity index (χ3v) is 5.74. The SMILES string of the molecule is Cc1cc(=O)[nH]c(-n2nc(C)cc2NC(=O)C2CCN(S(C)(=O)=O)CC2)n1. The first-order chi connectivity index (χ1) is 12.6. The van der Waals surface area contributed by atoms with E-state index in [9.17, 15) is 18.0 Å². The second-order valence-corrected chi connectivity index (χ2v) is 8.70. The Morgan fingerprint density at radius 3 is 2.48 bits per heavy atom. The van der Waals surface area contributed by atoms with Gasteiger partial charge < -0.3 is 5.32 Å². The van der Waals surface area contributed by atoms with E-state index in [0.29, 0.717) is 43.1 Å². The fourth-order valence-corrected chi connectivity index (χ4v) is 3.97. The van der Waals surface area contributed by atoms with Crippen LogP contribution in [0.5, 0.6) is 0 Å². The summed E-state index contributed by atoms with van der Waals surface area (Å²) in [6.07, 6.45) is 2.07. The Balaban J connectivity index is 1.77. The van der Waals surface area contributed by atoms with Crippen LogP contribution in [0.1, 0.15) is 24.2 Å². The molecule has 1 aliphatic rings. The van der Waals surface area contributed by atoms with Gasteiger partial charge in [0.05, 0.1) is 11.9 Å². The molecule has 3 heterocycles. The van der Waals surface area contributed by atoms with Crippen LogP contribution in [0, 0.1) is 19.8 Å². The van der Waals surface area contributed by atoms with Crippen molar-refractivity contribution < 1.29 is 13.2 Å². The van der Waals surface area contributed by atoms with Crippen molar-refractivity contribution in [1.82, 2.24) is 24.1 Å². The Morgan fingerprint density at radius 1 is 1.22 bits per heavy atom. The first-order valence-electron chi connectivity index (χ1n) is 8.54. The van der Waals surface area contributed by atoms with Gasteiger partial charge in [-0.15, -0.1) is 0 Å². The van der Waals surface area contributed by atoms with Crippen LogP contribution >= 0.6 is 0 Å². The highest BCUT2D eigenvalue weighted by Crippen LogP contribution is 2.22. The fraction of sp³-hybridized carbons (Fsp3) is 0.500. The van der Waals surface area contributed by atoms with Crippen molar-refractivity contribution in [2.24, 2.45) is 5.92 Å². The molecular weight excluding hydrogens is 372 g/mol. The lowest BCUT2D eigenvalue weighted by Crippen LogP contribution is -2.41. The molecule has 1 saturated heterocycles. The summed E-state index contributed by atoms with van der Waals surface area (Å²) >= 11 is 0. The molecule has 2 aromatic rings. The maximum Gasteiger partial charge on any atom is 0.252 e. The summed E-state index contributed by atoms with van der Waals surface area (Å²) in [5, 5.41) is 7.11. The smallest absolute Gasteiger partial charge is 0.252 e. The zero-order valence-corrected chi connectivity index (χ0v) is 16.2. The number of sulfonamides is 1. The largest absolute Gasteiger partial charge is 0.310 e. The number of aromatic nitrogens is 4. The summed E-state index contributed by atoms with van der Waals surface area (Å²) in [7, 11) is -3.24. The minimum Gasteiger partial charge on any atom is -0.310 e. The number of rotatable bonds is 4. The second-order valence-electron chi connectivity index (χ2n) is 6.72. The third-order valence-electron chi connectivity index (χ3n) is 4.43. The van der Waals surface area contributed by atoms with Gasteiger partial charge in [-0.25, -0.2) is 17.7 Å². The summed E-state index contributed by atoms with van der Waals surface area (Å²) < 4.78 is 25.9. The van der Waals surface area contributed by atoms with Crippen molar-refractivity contribution in [3.8, 4) is 5.95 Å². The van der Waals surface area contributed by atoms with Crippen molar-refractivity contribution >= 4 is 21.7 Å². The lowest BCUT2D eigenvalue weighted by Gasteiger charge is -2.29. The number of amides is 1. The molecule has 10 nitrogen and oxygen atoms in total. The second kappa shape index (κ2) is 7.24. The summed E-state index contributed by atoms with van der Waals surface area (Å²) in [4.78, 5) is 31.2. The van der Waals surface area contributed by atoms with Gasteiger partial charge in [0, 0.05) is 36.8 Å². The van der Waals surface area contributed by atoms with E-state index in [1.54, 1.807) is 19.9 Å².